The normalized spacial score (nSPS) is 12.2. The molecule has 18 heavy (non-hydrogen) atoms. The van der Waals surface area contributed by atoms with Crippen LogP contribution in [-0.4, -0.2) is 17.3 Å². The summed E-state index contributed by atoms with van der Waals surface area (Å²) < 4.78 is 5.50. The largest absolute Gasteiger partial charge is 0.444 e. The lowest BCUT2D eigenvalue weighted by atomic mass is 10.0. The molecule has 0 aliphatic heterocycles. The maximum absolute atomic E-state index is 9.00. The van der Waals surface area contributed by atoms with Gasteiger partial charge in [0.1, 0.15) is 5.58 Å². The molecule has 3 nitrogen and oxygen atoms in total. The summed E-state index contributed by atoms with van der Waals surface area (Å²) in [5.41, 5.74) is 1.65. The highest BCUT2D eigenvalue weighted by atomic mass is 35.5. The molecule has 0 bridgehead atoms. The molecular formula is C14H18ClNO2. The van der Waals surface area contributed by atoms with Crippen LogP contribution in [0.4, 0.5) is 0 Å². The molecule has 1 aromatic heterocycles. The molecule has 4 heteroatoms. The number of aliphatic hydroxyl groups is 1. The van der Waals surface area contributed by atoms with Crippen LogP contribution in [0.3, 0.4) is 0 Å². The Balaban J connectivity index is 2.19. The fourth-order valence-electron chi connectivity index (χ4n) is 1.93. The number of fused-ring (bicyclic) bond motifs is 1. The van der Waals surface area contributed by atoms with E-state index < -0.39 is 0 Å². The van der Waals surface area contributed by atoms with E-state index in [-0.39, 0.29) is 12.1 Å². The standard InChI is InChI=1S/C14H18ClNO2/c1-14(2,7-8-17)16-9-11-10-5-3-4-6-12(10)18-13(11)15/h3-6,16-17H,7-9H2,1-2H3. The summed E-state index contributed by atoms with van der Waals surface area (Å²) in [7, 11) is 0. The number of hydrogen-bond acceptors (Lipinski definition) is 3. The molecule has 2 aromatic rings. The topological polar surface area (TPSA) is 45.4 Å². The summed E-state index contributed by atoms with van der Waals surface area (Å²) in [5.74, 6) is 0. The molecule has 0 amide bonds. The Labute approximate surface area is 112 Å². The second-order valence-corrected chi connectivity index (χ2v) is 5.40. The molecule has 0 saturated carbocycles. The number of furan rings is 1. The SMILES string of the molecule is CC(C)(CCO)NCc1c(Cl)oc2ccccc12. The summed E-state index contributed by atoms with van der Waals surface area (Å²) in [6.07, 6.45) is 0.695. The fraction of sp³-hybridized carbons (Fsp3) is 0.429. The Morgan fingerprint density at radius 2 is 2.06 bits per heavy atom. The van der Waals surface area contributed by atoms with Gasteiger partial charge in [0, 0.05) is 29.6 Å². The van der Waals surface area contributed by atoms with Gasteiger partial charge in [0.2, 0.25) is 0 Å². The lowest BCUT2D eigenvalue weighted by Gasteiger charge is -2.25. The highest BCUT2D eigenvalue weighted by molar-refractivity contribution is 6.30. The van der Waals surface area contributed by atoms with Gasteiger partial charge in [0.25, 0.3) is 0 Å². The van der Waals surface area contributed by atoms with E-state index in [0.717, 1.165) is 16.5 Å². The van der Waals surface area contributed by atoms with Crippen LogP contribution in [0.2, 0.25) is 5.22 Å². The van der Waals surface area contributed by atoms with Gasteiger partial charge >= 0.3 is 0 Å². The third-order valence-electron chi connectivity index (χ3n) is 3.13. The Hall–Kier alpha value is -1.03. The summed E-state index contributed by atoms with van der Waals surface area (Å²) >= 11 is 6.12. The number of para-hydroxylation sites is 1. The van der Waals surface area contributed by atoms with Gasteiger partial charge < -0.3 is 14.8 Å². The predicted octanol–water partition coefficient (Wildman–Crippen LogP) is 3.34. The Morgan fingerprint density at radius 1 is 1.33 bits per heavy atom. The number of hydrogen-bond donors (Lipinski definition) is 2. The lowest BCUT2D eigenvalue weighted by Crippen LogP contribution is -2.39. The Morgan fingerprint density at radius 3 is 2.78 bits per heavy atom. The van der Waals surface area contributed by atoms with Gasteiger partial charge in [-0.25, -0.2) is 0 Å². The van der Waals surface area contributed by atoms with E-state index >= 15 is 0 Å². The summed E-state index contributed by atoms with van der Waals surface area (Å²) in [4.78, 5) is 0. The van der Waals surface area contributed by atoms with Crippen LogP contribution in [0.1, 0.15) is 25.8 Å². The van der Waals surface area contributed by atoms with E-state index in [2.05, 4.69) is 19.2 Å². The van der Waals surface area contributed by atoms with Crippen molar-refractivity contribution < 1.29 is 9.52 Å². The van der Waals surface area contributed by atoms with Crippen molar-refractivity contribution in [3.8, 4) is 0 Å². The van der Waals surface area contributed by atoms with Gasteiger partial charge in [-0.2, -0.15) is 0 Å². The highest BCUT2D eigenvalue weighted by Gasteiger charge is 2.19. The first kappa shape index (κ1) is 13.4. The number of rotatable bonds is 5. The summed E-state index contributed by atoms with van der Waals surface area (Å²) in [6, 6.07) is 7.80. The van der Waals surface area contributed by atoms with Crippen LogP contribution >= 0.6 is 11.6 Å². The van der Waals surface area contributed by atoms with E-state index in [4.69, 9.17) is 21.1 Å². The van der Waals surface area contributed by atoms with Crippen molar-refractivity contribution in [1.29, 1.82) is 0 Å². The first-order chi connectivity index (χ1) is 8.53. The molecule has 0 radical (unpaired) electrons. The predicted molar refractivity (Wildman–Crippen MR) is 73.8 cm³/mol. The molecule has 1 aromatic carbocycles. The molecule has 2 N–H and O–H groups in total. The second kappa shape index (κ2) is 5.31. The molecule has 0 saturated heterocycles. The second-order valence-electron chi connectivity index (χ2n) is 5.06. The van der Waals surface area contributed by atoms with Gasteiger partial charge in [-0.15, -0.1) is 0 Å². The van der Waals surface area contributed by atoms with Gasteiger partial charge in [0.15, 0.2) is 5.22 Å². The van der Waals surface area contributed by atoms with Crippen LogP contribution < -0.4 is 5.32 Å². The van der Waals surface area contributed by atoms with E-state index in [1.165, 1.54) is 0 Å². The fourth-order valence-corrected chi connectivity index (χ4v) is 2.18. The molecule has 1 heterocycles. The lowest BCUT2D eigenvalue weighted by molar-refractivity contribution is 0.230. The van der Waals surface area contributed by atoms with Crippen molar-refractivity contribution >= 4 is 22.6 Å². The number of halogens is 1. The quantitative estimate of drug-likeness (QED) is 0.873. The van der Waals surface area contributed by atoms with Crippen LogP contribution in [0, 0.1) is 0 Å². The van der Waals surface area contributed by atoms with Gasteiger partial charge in [-0.3, -0.25) is 0 Å². The summed E-state index contributed by atoms with van der Waals surface area (Å²) in [6.45, 7) is 4.90. The van der Waals surface area contributed by atoms with Crippen LogP contribution in [0.5, 0.6) is 0 Å². The highest BCUT2D eigenvalue weighted by Crippen LogP contribution is 2.29. The average Bonchev–Trinajstić information content (AvgIpc) is 2.62. The van der Waals surface area contributed by atoms with Crippen molar-refractivity contribution in [3.63, 3.8) is 0 Å². The first-order valence-corrected chi connectivity index (χ1v) is 6.43. The zero-order valence-corrected chi connectivity index (χ0v) is 11.4. The third kappa shape index (κ3) is 2.86. The van der Waals surface area contributed by atoms with E-state index in [9.17, 15) is 0 Å². The maximum Gasteiger partial charge on any atom is 0.199 e. The Kier molecular flexibility index (Phi) is 3.95. The molecule has 0 aliphatic rings. The van der Waals surface area contributed by atoms with Crippen LogP contribution in [0.15, 0.2) is 28.7 Å². The molecule has 98 valence electrons. The van der Waals surface area contributed by atoms with Gasteiger partial charge in [-0.05, 0) is 37.9 Å². The van der Waals surface area contributed by atoms with E-state index in [1.807, 2.05) is 24.3 Å². The van der Waals surface area contributed by atoms with Crippen molar-refractivity contribution in [3.05, 3.63) is 35.0 Å². The third-order valence-corrected chi connectivity index (χ3v) is 3.43. The molecule has 0 fully saturated rings. The smallest absolute Gasteiger partial charge is 0.199 e. The van der Waals surface area contributed by atoms with Crippen LogP contribution in [0.25, 0.3) is 11.0 Å². The van der Waals surface area contributed by atoms with Crippen molar-refractivity contribution in [2.45, 2.75) is 32.4 Å². The minimum Gasteiger partial charge on any atom is -0.444 e. The molecule has 0 spiro atoms. The monoisotopic (exact) mass is 267 g/mol. The minimum atomic E-state index is -0.129. The number of aliphatic hydroxyl groups excluding tert-OH is 1. The minimum absolute atomic E-state index is 0.129. The maximum atomic E-state index is 9.00. The van der Waals surface area contributed by atoms with Gasteiger partial charge in [-0.1, -0.05) is 18.2 Å². The molecular weight excluding hydrogens is 250 g/mol. The van der Waals surface area contributed by atoms with E-state index in [1.54, 1.807) is 0 Å². The zero-order chi connectivity index (χ0) is 13.2. The van der Waals surface area contributed by atoms with Crippen molar-refractivity contribution in [1.82, 2.24) is 5.32 Å². The Bertz CT molecular complexity index is 534. The molecule has 0 atom stereocenters. The number of benzene rings is 1. The van der Waals surface area contributed by atoms with Gasteiger partial charge in [0.05, 0.1) is 0 Å². The van der Waals surface area contributed by atoms with E-state index in [0.29, 0.717) is 18.2 Å². The van der Waals surface area contributed by atoms with Crippen LogP contribution in [-0.2, 0) is 6.54 Å². The number of nitrogens with one attached hydrogen (secondary N) is 1. The average molecular weight is 268 g/mol. The van der Waals surface area contributed by atoms with Crippen molar-refractivity contribution in [2.75, 3.05) is 6.61 Å². The zero-order valence-electron chi connectivity index (χ0n) is 10.7. The molecule has 0 unspecified atom stereocenters. The molecule has 2 rings (SSSR count). The molecule has 0 aliphatic carbocycles. The van der Waals surface area contributed by atoms with Crippen molar-refractivity contribution in [2.24, 2.45) is 0 Å². The summed E-state index contributed by atoms with van der Waals surface area (Å²) in [5, 5.41) is 13.9. The first-order valence-electron chi connectivity index (χ1n) is 6.05.